The Morgan fingerprint density at radius 1 is 1.40 bits per heavy atom. The van der Waals surface area contributed by atoms with Crippen molar-refractivity contribution in [2.45, 2.75) is 44.6 Å². The van der Waals surface area contributed by atoms with E-state index in [2.05, 4.69) is 22.2 Å². The van der Waals surface area contributed by atoms with Crippen LogP contribution in [-0.2, 0) is 11.2 Å². The molecule has 4 heteroatoms. The molecular weight excluding hydrogens is 250 g/mol. The number of nitrogens with zero attached hydrogens (tertiary/aromatic N) is 2. The zero-order valence-electron chi connectivity index (χ0n) is 12.3. The zero-order chi connectivity index (χ0) is 14.2. The Labute approximate surface area is 121 Å². The Kier molecular flexibility index (Phi) is 5.99. The molecule has 1 aliphatic rings. The predicted molar refractivity (Wildman–Crippen MR) is 80.5 cm³/mol. The lowest BCUT2D eigenvalue weighted by Gasteiger charge is -2.32. The average molecular weight is 275 g/mol. The molecule has 1 N–H and O–H groups in total. The maximum absolute atomic E-state index is 11.8. The molecule has 2 rings (SSSR count). The van der Waals surface area contributed by atoms with E-state index in [1.54, 1.807) is 12.4 Å². The minimum atomic E-state index is 0.179. The molecule has 1 aromatic heterocycles. The molecule has 110 valence electrons. The lowest BCUT2D eigenvalue weighted by molar-refractivity contribution is -0.121. The van der Waals surface area contributed by atoms with Gasteiger partial charge in [0, 0.05) is 31.4 Å². The second kappa shape index (κ2) is 8.00. The highest BCUT2D eigenvalue weighted by Gasteiger charge is 2.19. The van der Waals surface area contributed by atoms with Crippen molar-refractivity contribution in [3.05, 3.63) is 30.1 Å². The molecule has 1 saturated heterocycles. The van der Waals surface area contributed by atoms with Gasteiger partial charge in [0.2, 0.25) is 5.91 Å². The molecule has 0 saturated carbocycles. The number of pyridine rings is 1. The van der Waals surface area contributed by atoms with E-state index in [1.165, 1.54) is 31.4 Å². The Bertz CT molecular complexity index is 407. The van der Waals surface area contributed by atoms with Gasteiger partial charge in [0.25, 0.3) is 0 Å². The van der Waals surface area contributed by atoms with Gasteiger partial charge in [-0.1, -0.05) is 6.42 Å². The maximum Gasteiger partial charge on any atom is 0.220 e. The first-order valence-electron chi connectivity index (χ1n) is 7.61. The Morgan fingerprint density at radius 3 is 2.95 bits per heavy atom. The van der Waals surface area contributed by atoms with Gasteiger partial charge in [0.1, 0.15) is 0 Å². The van der Waals surface area contributed by atoms with Crippen LogP contribution < -0.4 is 5.32 Å². The molecule has 0 aliphatic carbocycles. The summed E-state index contributed by atoms with van der Waals surface area (Å²) in [5.41, 5.74) is 1.22. The van der Waals surface area contributed by atoms with Crippen molar-refractivity contribution in [2.24, 2.45) is 0 Å². The van der Waals surface area contributed by atoms with E-state index in [0.717, 1.165) is 12.8 Å². The first kappa shape index (κ1) is 15.0. The highest BCUT2D eigenvalue weighted by atomic mass is 16.1. The highest BCUT2D eigenvalue weighted by molar-refractivity contribution is 5.75. The van der Waals surface area contributed by atoms with Gasteiger partial charge in [-0.3, -0.25) is 9.78 Å². The van der Waals surface area contributed by atoms with Crippen molar-refractivity contribution in [1.82, 2.24) is 15.2 Å². The van der Waals surface area contributed by atoms with E-state index < -0.39 is 0 Å². The molecule has 4 nitrogen and oxygen atoms in total. The number of hydrogen-bond donors (Lipinski definition) is 1. The predicted octanol–water partition coefficient (Wildman–Crippen LogP) is 2.00. The van der Waals surface area contributed by atoms with E-state index >= 15 is 0 Å². The van der Waals surface area contributed by atoms with Crippen molar-refractivity contribution < 1.29 is 4.79 Å². The number of carbonyl (C=O) groups is 1. The van der Waals surface area contributed by atoms with Crippen molar-refractivity contribution in [3.63, 3.8) is 0 Å². The summed E-state index contributed by atoms with van der Waals surface area (Å²) in [5.74, 6) is 0.179. The van der Waals surface area contributed by atoms with Crippen molar-refractivity contribution in [1.29, 1.82) is 0 Å². The lowest BCUT2D eigenvalue weighted by atomic mass is 9.98. The fourth-order valence-electron chi connectivity index (χ4n) is 2.79. The third-order valence-electron chi connectivity index (χ3n) is 4.11. The molecule has 1 atom stereocenters. The monoisotopic (exact) mass is 275 g/mol. The number of likely N-dealkylation sites (tertiary alicyclic amines) is 1. The summed E-state index contributed by atoms with van der Waals surface area (Å²) in [6.07, 6.45) is 9.91. The minimum Gasteiger partial charge on any atom is -0.356 e. The minimum absolute atomic E-state index is 0.179. The SMILES string of the molecule is CN1CCCCC1CCC(=O)NCCc1ccncc1. The van der Waals surface area contributed by atoms with Crippen LogP contribution in [0.1, 0.15) is 37.7 Å². The molecule has 1 aliphatic heterocycles. The summed E-state index contributed by atoms with van der Waals surface area (Å²) < 4.78 is 0. The topological polar surface area (TPSA) is 45.2 Å². The van der Waals surface area contributed by atoms with E-state index in [4.69, 9.17) is 0 Å². The fourth-order valence-corrected chi connectivity index (χ4v) is 2.79. The van der Waals surface area contributed by atoms with Crippen LogP contribution in [0.4, 0.5) is 0 Å². The standard InChI is InChI=1S/C16H25N3O/c1-19-13-3-2-4-15(19)5-6-16(20)18-12-9-14-7-10-17-11-8-14/h7-8,10-11,15H,2-6,9,12-13H2,1H3,(H,18,20). The van der Waals surface area contributed by atoms with Crippen molar-refractivity contribution in [3.8, 4) is 0 Å². The third kappa shape index (κ3) is 4.93. The number of piperidine rings is 1. The molecule has 1 aromatic rings. The lowest BCUT2D eigenvalue weighted by Crippen LogP contribution is -2.37. The van der Waals surface area contributed by atoms with Crippen LogP contribution in [0.5, 0.6) is 0 Å². The van der Waals surface area contributed by atoms with Gasteiger partial charge in [-0.15, -0.1) is 0 Å². The number of amides is 1. The van der Waals surface area contributed by atoms with E-state index in [-0.39, 0.29) is 5.91 Å². The third-order valence-corrected chi connectivity index (χ3v) is 4.11. The summed E-state index contributed by atoms with van der Waals surface area (Å²) >= 11 is 0. The Balaban J connectivity index is 1.60. The normalized spacial score (nSPS) is 19.8. The Morgan fingerprint density at radius 2 is 2.20 bits per heavy atom. The van der Waals surface area contributed by atoms with Gasteiger partial charge in [-0.05, 0) is 57.0 Å². The number of aromatic nitrogens is 1. The van der Waals surface area contributed by atoms with Crippen molar-refractivity contribution in [2.75, 3.05) is 20.1 Å². The number of carbonyl (C=O) groups excluding carboxylic acids is 1. The molecule has 0 bridgehead atoms. The van der Waals surface area contributed by atoms with Crippen LogP contribution in [0.3, 0.4) is 0 Å². The van der Waals surface area contributed by atoms with Crippen LogP contribution in [-0.4, -0.2) is 42.0 Å². The number of hydrogen-bond acceptors (Lipinski definition) is 3. The van der Waals surface area contributed by atoms with Gasteiger partial charge < -0.3 is 10.2 Å². The van der Waals surface area contributed by atoms with E-state index in [1.807, 2.05) is 12.1 Å². The van der Waals surface area contributed by atoms with Gasteiger partial charge in [-0.2, -0.15) is 0 Å². The summed E-state index contributed by atoms with van der Waals surface area (Å²) in [7, 11) is 2.17. The van der Waals surface area contributed by atoms with Crippen LogP contribution in [0.25, 0.3) is 0 Å². The van der Waals surface area contributed by atoms with E-state index in [9.17, 15) is 4.79 Å². The van der Waals surface area contributed by atoms with Crippen LogP contribution in [0, 0.1) is 0 Å². The second-order valence-corrected chi connectivity index (χ2v) is 5.62. The summed E-state index contributed by atoms with van der Waals surface area (Å²) in [6.45, 7) is 1.89. The molecule has 20 heavy (non-hydrogen) atoms. The quantitative estimate of drug-likeness (QED) is 0.863. The summed E-state index contributed by atoms with van der Waals surface area (Å²) in [4.78, 5) is 18.2. The molecule has 1 unspecified atom stereocenters. The molecule has 1 fully saturated rings. The number of nitrogens with one attached hydrogen (secondary N) is 1. The molecule has 0 aromatic carbocycles. The Hall–Kier alpha value is -1.42. The molecule has 0 radical (unpaired) electrons. The molecule has 2 heterocycles. The first-order valence-corrected chi connectivity index (χ1v) is 7.61. The fraction of sp³-hybridized carbons (Fsp3) is 0.625. The van der Waals surface area contributed by atoms with E-state index in [0.29, 0.717) is 19.0 Å². The molecule has 1 amide bonds. The number of rotatable bonds is 6. The smallest absolute Gasteiger partial charge is 0.220 e. The summed E-state index contributed by atoms with van der Waals surface area (Å²) in [6, 6.07) is 4.57. The molecule has 0 spiro atoms. The van der Waals surface area contributed by atoms with Crippen molar-refractivity contribution >= 4 is 5.91 Å². The maximum atomic E-state index is 11.8. The van der Waals surface area contributed by atoms with Gasteiger partial charge in [0.05, 0.1) is 0 Å². The zero-order valence-corrected chi connectivity index (χ0v) is 12.3. The first-order chi connectivity index (χ1) is 9.75. The highest BCUT2D eigenvalue weighted by Crippen LogP contribution is 2.18. The summed E-state index contributed by atoms with van der Waals surface area (Å²) in [5, 5.41) is 3.01. The second-order valence-electron chi connectivity index (χ2n) is 5.62. The largest absolute Gasteiger partial charge is 0.356 e. The molecular formula is C16H25N3O. The van der Waals surface area contributed by atoms with Gasteiger partial charge in [-0.25, -0.2) is 0 Å². The average Bonchev–Trinajstić information content (AvgIpc) is 2.47. The van der Waals surface area contributed by atoms with Gasteiger partial charge in [0.15, 0.2) is 0 Å². The van der Waals surface area contributed by atoms with Crippen LogP contribution in [0.15, 0.2) is 24.5 Å². The van der Waals surface area contributed by atoms with Crippen LogP contribution >= 0.6 is 0 Å². The van der Waals surface area contributed by atoms with Crippen LogP contribution in [0.2, 0.25) is 0 Å². The van der Waals surface area contributed by atoms with Gasteiger partial charge >= 0.3 is 0 Å².